The molecule has 1 aliphatic heterocycles. The van der Waals surface area contributed by atoms with E-state index in [1.165, 1.54) is 16.4 Å². The molecule has 0 aromatic carbocycles. The van der Waals surface area contributed by atoms with Crippen molar-refractivity contribution in [1.29, 1.82) is 0 Å². The summed E-state index contributed by atoms with van der Waals surface area (Å²) < 4.78 is 40.2. The first-order valence-electron chi connectivity index (χ1n) is 9.18. The number of sulfonamides is 1. The van der Waals surface area contributed by atoms with Crippen molar-refractivity contribution in [2.24, 2.45) is 5.92 Å². The molecule has 0 radical (unpaired) electrons. The first-order valence-corrected chi connectivity index (χ1v) is 11.0. The van der Waals surface area contributed by atoms with Gasteiger partial charge in [0.25, 0.3) is 0 Å². The Morgan fingerprint density at radius 2 is 2.07 bits per heavy atom. The molecule has 2 N–H and O–H groups in total. The number of aromatic nitrogens is 5. The molecule has 2 atom stereocenters. The number of nitrogens with one attached hydrogen (secondary N) is 2. The third-order valence-corrected chi connectivity index (χ3v) is 7.30. The second kappa shape index (κ2) is 7.89. The number of aromatic amines is 2. The van der Waals surface area contributed by atoms with Gasteiger partial charge in [-0.1, -0.05) is 18.5 Å². The molecule has 0 amide bonds. The van der Waals surface area contributed by atoms with Crippen LogP contribution in [0.3, 0.4) is 0 Å². The summed E-state index contributed by atoms with van der Waals surface area (Å²) in [5.41, 5.74) is 0.553. The van der Waals surface area contributed by atoms with Crippen molar-refractivity contribution >= 4 is 21.6 Å². The highest BCUT2D eigenvalue weighted by atomic mass is 35.5. The summed E-state index contributed by atoms with van der Waals surface area (Å²) in [6.07, 6.45) is 3.83. The Kier molecular flexibility index (Phi) is 5.43. The van der Waals surface area contributed by atoms with Gasteiger partial charge in [-0.2, -0.15) is 4.31 Å². The zero-order chi connectivity index (χ0) is 21.5. The smallest absolute Gasteiger partial charge is 0.339 e. The van der Waals surface area contributed by atoms with E-state index in [4.69, 9.17) is 11.6 Å². The molecule has 4 rings (SSSR count). The predicted octanol–water partition coefficient (Wildman–Crippen LogP) is 2.16. The van der Waals surface area contributed by atoms with Gasteiger partial charge >= 0.3 is 5.69 Å². The lowest BCUT2D eigenvalue weighted by Gasteiger charge is -2.35. The molecule has 1 saturated heterocycles. The molecular formula is C18H18ClFN6O3S. The highest BCUT2D eigenvalue weighted by Crippen LogP contribution is 2.37. The Labute approximate surface area is 176 Å². The summed E-state index contributed by atoms with van der Waals surface area (Å²) in [4.78, 5) is 28.3. The van der Waals surface area contributed by atoms with Crippen LogP contribution in [0.15, 0.2) is 40.4 Å². The first kappa shape index (κ1) is 20.6. The summed E-state index contributed by atoms with van der Waals surface area (Å²) in [7, 11) is -3.77. The van der Waals surface area contributed by atoms with Crippen molar-refractivity contribution in [3.8, 4) is 11.5 Å². The Bertz CT molecular complexity index is 1210. The minimum absolute atomic E-state index is 0.0423. The summed E-state index contributed by atoms with van der Waals surface area (Å²) in [5, 5.41) is 0.286. The van der Waals surface area contributed by atoms with Crippen LogP contribution in [-0.2, 0) is 10.0 Å². The van der Waals surface area contributed by atoms with E-state index in [-0.39, 0.29) is 35.0 Å². The van der Waals surface area contributed by atoms with Crippen LogP contribution in [0.5, 0.6) is 0 Å². The van der Waals surface area contributed by atoms with E-state index in [1.807, 2.05) is 6.92 Å². The number of rotatable bonds is 4. The Hall–Kier alpha value is -2.63. The van der Waals surface area contributed by atoms with Crippen molar-refractivity contribution in [3.05, 3.63) is 57.9 Å². The molecule has 30 heavy (non-hydrogen) atoms. The molecule has 1 aliphatic rings. The van der Waals surface area contributed by atoms with Gasteiger partial charge in [-0.05, 0) is 24.5 Å². The van der Waals surface area contributed by atoms with E-state index >= 15 is 0 Å². The topological polar surface area (TPSA) is 125 Å². The Morgan fingerprint density at radius 3 is 2.70 bits per heavy atom. The molecule has 0 unspecified atom stereocenters. The zero-order valence-corrected chi connectivity index (χ0v) is 17.4. The largest absolute Gasteiger partial charge is 0.344 e. The van der Waals surface area contributed by atoms with Crippen LogP contribution in [-0.4, -0.2) is 50.7 Å². The third kappa shape index (κ3) is 3.87. The van der Waals surface area contributed by atoms with E-state index < -0.39 is 21.5 Å². The molecule has 0 bridgehead atoms. The third-order valence-electron chi connectivity index (χ3n) is 5.18. The fourth-order valence-corrected chi connectivity index (χ4v) is 5.36. The van der Waals surface area contributed by atoms with E-state index in [0.29, 0.717) is 23.6 Å². The fourth-order valence-electron chi connectivity index (χ4n) is 3.62. The SMILES string of the molecule is C[C@H]1CN(S(=O)(=O)c2cnc(=O)[nH]c2)CC[C@H]1c1[nH]c(-c2ccc(F)cn2)nc1Cl. The lowest BCUT2D eigenvalue weighted by Crippen LogP contribution is -2.42. The summed E-state index contributed by atoms with van der Waals surface area (Å²) in [6.45, 7) is 2.48. The van der Waals surface area contributed by atoms with Crippen LogP contribution in [0.25, 0.3) is 11.5 Å². The van der Waals surface area contributed by atoms with Crippen molar-refractivity contribution in [2.75, 3.05) is 13.1 Å². The zero-order valence-electron chi connectivity index (χ0n) is 15.8. The van der Waals surface area contributed by atoms with Crippen LogP contribution < -0.4 is 5.69 Å². The fraction of sp³-hybridized carbons (Fsp3) is 0.333. The molecule has 0 spiro atoms. The summed E-state index contributed by atoms with van der Waals surface area (Å²) >= 11 is 6.34. The average molecular weight is 453 g/mol. The number of nitrogens with zero attached hydrogens (tertiary/aromatic N) is 4. The highest BCUT2D eigenvalue weighted by molar-refractivity contribution is 7.89. The average Bonchev–Trinajstić information content (AvgIpc) is 3.10. The maximum absolute atomic E-state index is 13.1. The molecule has 4 heterocycles. The minimum atomic E-state index is -3.77. The second-order valence-electron chi connectivity index (χ2n) is 7.14. The van der Waals surface area contributed by atoms with Crippen LogP contribution in [0.1, 0.15) is 25.0 Å². The van der Waals surface area contributed by atoms with Gasteiger partial charge in [0.15, 0.2) is 11.0 Å². The summed E-state index contributed by atoms with van der Waals surface area (Å²) in [5.74, 6) is -0.122. The molecule has 3 aromatic rings. The van der Waals surface area contributed by atoms with Gasteiger partial charge in [-0.3, -0.25) is 0 Å². The quantitative estimate of drug-likeness (QED) is 0.625. The van der Waals surface area contributed by atoms with E-state index in [9.17, 15) is 17.6 Å². The van der Waals surface area contributed by atoms with E-state index in [2.05, 4.69) is 24.9 Å². The van der Waals surface area contributed by atoms with Crippen LogP contribution in [0.2, 0.25) is 5.15 Å². The normalized spacial score (nSPS) is 20.4. The molecule has 0 aliphatic carbocycles. The Morgan fingerprint density at radius 1 is 1.27 bits per heavy atom. The predicted molar refractivity (Wildman–Crippen MR) is 107 cm³/mol. The molecular weight excluding hydrogens is 435 g/mol. The number of imidazole rings is 1. The van der Waals surface area contributed by atoms with Gasteiger partial charge in [0.2, 0.25) is 10.0 Å². The lowest BCUT2D eigenvalue weighted by atomic mass is 9.86. The van der Waals surface area contributed by atoms with Crippen molar-refractivity contribution in [2.45, 2.75) is 24.2 Å². The summed E-state index contributed by atoms with van der Waals surface area (Å²) in [6, 6.07) is 2.79. The van der Waals surface area contributed by atoms with Gasteiger partial charge in [0.05, 0.1) is 18.1 Å². The van der Waals surface area contributed by atoms with Crippen molar-refractivity contribution in [1.82, 2.24) is 29.2 Å². The van der Waals surface area contributed by atoms with Crippen LogP contribution in [0.4, 0.5) is 4.39 Å². The van der Waals surface area contributed by atoms with Gasteiger partial charge < -0.3 is 9.97 Å². The van der Waals surface area contributed by atoms with Crippen molar-refractivity contribution in [3.63, 3.8) is 0 Å². The monoisotopic (exact) mass is 452 g/mol. The molecule has 0 saturated carbocycles. The van der Waals surface area contributed by atoms with Crippen molar-refractivity contribution < 1.29 is 12.8 Å². The maximum atomic E-state index is 13.1. The Balaban J connectivity index is 1.54. The first-order chi connectivity index (χ1) is 14.3. The maximum Gasteiger partial charge on any atom is 0.344 e. The number of hydrogen-bond acceptors (Lipinski definition) is 6. The van der Waals surface area contributed by atoms with Gasteiger partial charge in [0.1, 0.15) is 16.4 Å². The van der Waals surface area contributed by atoms with Gasteiger partial charge in [-0.25, -0.2) is 32.6 Å². The molecule has 9 nitrogen and oxygen atoms in total. The van der Waals surface area contributed by atoms with E-state index in [0.717, 1.165) is 18.6 Å². The lowest BCUT2D eigenvalue weighted by molar-refractivity contribution is 0.246. The number of piperidine rings is 1. The van der Waals surface area contributed by atoms with E-state index in [1.54, 1.807) is 0 Å². The number of pyridine rings is 1. The number of halogens is 2. The number of hydrogen-bond donors (Lipinski definition) is 2. The minimum Gasteiger partial charge on any atom is -0.339 e. The number of H-pyrrole nitrogens is 2. The van der Waals surface area contributed by atoms with Crippen LogP contribution >= 0.6 is 11.6 Å². The van der Waals surface area contributed by atoms with Crippen LogP contribution in [0, 0.1) is 11.7 Å². The molecule has 158 valence electrons. The highest BCUT2D eigenvalue weighted by Gasteiger charge is 2.36. The molecule has 1 fully saturated rings. The second-order valence-corrected chi connectivity index (χ2v) is 9.44. The molecule has 12 heteroatoms. The van der Waals surface area contributed by atoms with Gasteiger partial charge in [0, 0.05) is 25.2 Å². The van der Waals surface area contributed by atoms with Gasteiger partial charge in [-0.15, -0.1) is 0 Å². The standard InChI is InChI=1S/C18H18ClFN6O3S/c1-10-9-26(30(28,29)12-7-22-18(27)23-8-12)5-4-13(10)15-16(19)25-17(24-15)14-3-2-11(20)6-21-14/h2-3,6-8,10,13H,4-5,9H2,1H3,(H,24,25)(H,22,23,27)/t10-,13+/m0/s1. The molecule has 3 aromatic heterocycles.